The molecule has 0 spiro atoms. The van der Waals surface area contributed by atoms with E-state index < -0.39 is 0 Å². The van der Waals surface area contributed by atoms with Crippen LogP contribution >= 0.6 is 0 Å². The second kappa shape index (κ2) is 4.99. The van der Waals surface area contributed by atoms with Crippen molar-refractivity contribution in [1.82, 2.24) is 15.1 Å². The molecule has 0 bridgehead atoms. The van der Waals surface area contributed by atoms with E-state index in [0.29, 0.717) is 5.56 Å². The number of hydrogen-bond donors (Lipinski definition) is 2. The molecule has 1 aromatic heterocycles. The number of nitrogens with one attached hydrogen (secondary N) is 2. The van der Waals surface area contributed by atoms with E-state index in [1.807, 2.05) is 20.0 Å². The maximum Gasteiger partial charge on any atom is 0.146 e. The molecule has 1 aromatic carbocycles. The summed E-state index contributed by atoms with van der Waals surface area (Å²) in [6, 6.07) is 8.48. The number of benzene rings is 1. The van der Waals surface area contributed by atoms with Gasteiger partial charge in [0, 0.05) is 19.3 Å². The van der Waals surface area contributed by atoms with Crippen molar-refractivity contribution in [3.05, 3.63) is 40.6 Å². The third kappa shape index (κ3) is 2.04. The molecule has 0 fully saturated rings. The highest BCUT2D eigenvalue weighted by atomic mass is 15.3. The molecule has 5 nitrogen and oxygen atoms in total. The van der Waals surface area contributed by atoms with Gasteiger partial charge in [0.05, 0.1) is 5.69 Å². The second-order valence-corrected chi connectivity index (χ2v) is 5.04. The standard InChI is InChI=1S/C15H17N5/c1-10-13(8-16)15(20(2)19-10)18-14-5-3-4-11-9-17-7-6-12(11)14/h3-5,17-18H,6-7,9H2,1-2H3. The van der Waals surface area contributed by atoms with Gasteiger partial charge in [-0.05, 0) is 37.1 Å². The first-order valence-corrected chi connectivity index (χ1v) is 6.73. The Morgan fingerprint density at radius 1 is 1.45 bits per heavy atom. The van der Waals surface area contributed by atoms with Crippen molar-refractivity contribution in [2.75, 3.05) is 11.9 Å². The van der Waals surface area contributed by atoms with Crippen LogP contribution in [-0.2, 0) is 20.0 Å². The first-order chi connectivity index (χ1) is 9.70. The van der Waals surface area contributed by atoms with Crippen molar-refractivity contribution in [3.63, 3.8) is 0 Å². The molecule has 0 saturated carbocycles. The number of anilines is 2. The van der Waals surface area contributed by atoms with E-state index in [2.05, 4.69) is 33.9 Å². The average molecular weight is 267 g/mol. The molecule has 0 aliphatic carbocycles. The van der Waals surface area contributed by atoms with Crippen LogP contribution < -0.4 is 10.6 Å². The number of fused-ring (bicyclic) bond motifs is 1. The Hall–Kier alpha value is -2.32. The van der Waals surface area contributed by atoms with E-state index in [9.17, 15) is 5.26 Å². The molecule has 2 aromatic rings. The van der Waals surface area contributed by atoms with Gasteiger partial charge in [-0.15, -0.1) is 0 Å². The van der Waals surface area contributed by atoms with Gasteiger partial charge in [-0.1, -0.05) is 12.1 Å². The summed E-state index contributed by atoms with van der Waals surface area (Å²) in [6.45, 7) is 3.75. The topological polar surface area (TPSA) is 65.7 Å². The molecule has 3 rings (SSSR count). The smallest absolute Gasteiger partial charge is 0.146 e. The van der Waals surface area contributed by atoms with Crippen molar-refractivity contribution in [2.45, 2.75) is 19.9 Å². The van der Waals surface area contributed by atoms with Crippen LogP contribution in [0.3, 0.4) is 0 Å². The van der Waals surface area contributed by atoms with E-state index in [1.54, 1.807) is 4.68 Å². The number of aryl methyl sites for hydroxylation is 2. The van der Waals surface area contributed by atoms with Gasteiger partial charge in [0.15, 0.2) is 0 Å². The fourth-order valence-corrected chi connectivity index (χ4v) is 2.71. The third-order valence-electron chi connectivity index (χ3n) is 3.73. The summed E-state index contributed by atoms with van der Waals surface area (Å²) in [4.78, 5) is 0. The number of nitrogens with zero attached hydrogens (tertiary/aromatic N) is 3. The largest absolute Gasteiger partial charge is 0.339 e. The van der Waals surface area contributed by atoms with Crippen molar-refractivity contribution < 1.29 is 0 Å². The molecule has 20 heavy (non-hydrogen) atoms. The number of aromatic nitrogens is 2. The van der Waals surface area contributed by atoms with E-state index in [-0.39, 0.29) is 0 Å². The van der Waals surface area contributed by atoms with Gasteiger partial charge in [0.2, 0.25) is 0 Å². The zero-order chi connectivity index (χ0) is 14.1. The van der Waals surface area contributed by atoms with Crippen LogP contribution in [0.25, 0.3) is 0 Å². The predicted octanol–water partition coefficient (Wildman–Crippen LogP) is 1.99. The highest BCUT2D eigenvalue weighted by Gasteiger charge is 2.17. The first kappa shape index (κ1) is 12.7. The molecule has 2 heterocycles. The SMILES string of the molecule is Cc1nn(C)c(Nc2cccc3c2CCNC3)c1C#N. The molecule has 0 unspecified atom stereocenters. The number of nitriles is 1. The molecule has 0 atom stereocenters. The van der Waals surface area contributed by atoms with Gasteiger partial charge < -0.3 is 10.6 Å². The molecule has 5 heteroatoms. The highest BCUT2D eigenvalue weighted by molar-refractivity contribution is 5.68. The van der Waals surface area contributed by atoms with Crippen LogP contribution in [0.2, 0.25) is 0 Å². The van der Waals surface area contributed by atoms with E-state index in [0.717, 1.165) is 36.7 Å². The average Bonchev–Trinajstić information content (AvgIpc) is 2.73. The van der Waals surface area contributed by atoms with Crippen LogP contribution in [0.5, 0.6) is 0 Å². The van der Waals surface area contributed by atoms with Gasteiger partial charge in [-0.3, -0.25) is 4.68 Å². The lowest BCUT2D eigenvalue weighted by Gasteiger charge is -2.21. The minimum atomic E-state index is 0.610. The van der Waals surface area contributed by atoms with Gasteiger partial charge >= 0.3 is 0 Å². The lowest BCUT2D eigenvalue weighted by molar-refractivity contribution is 0.645. The zero-order valence-electron chi connectivity index (χ0n) is 11.7. The monoisotopic (exact) mass is 267 g/mol. The Labute approximate surface area is 118 Å². The van der Waals surface area contributed by atoms with Crippen molar-refractivity contribution >= 4 is 11.5 Å². The van der Waals surface area contributed by atoms with Gasteiger partial charge in [0.25, 0.3) is 0 Å². The normalized spacial score (nSPS) is 13.7. The molecule has 1 aliphatic heterocycles. The van der Waals surface area contributed by atoms with Crippen molar-refractivity contribution in [2.24, 2.45) is 7.05 Å². The Kier molecular flexibility index (Phi) is 3.17. The molecule has 102 valence electrons. The third-order valence-corrected chi connectivity index (χ3v) is 3.73. The van der Waals surface area contributed by atoms with Crippen LogP contribution in [0.4, 0.5) is 11.5 Å². The zero-order valence-corrected chi connectivity index (χ0v) is 11.7. The van der Waals surface area contributed by atoms with E-state index in [4.69, 9.17) is 0 Å². The fraction of sp³-hybridized carbons (Fsp3) is 0.333. The van der Waals surface area contributed by atoms with Gasteiger partial charge in [-0.2, -0.15) is 10.4 Å². The summed E-state index contributed by atoms with van der Waals surface area (Å²) >= 11 is 0. The summed E-state index contributed by atoms with van der Waals surface area (Å²) in [5.74, 6) is 0.761. The number of hydrogen-bond acceptors (Lipinski definition) is 4. The first-order valence-electron chi connectivity index (χ1n) is 6.73. The quantitative estimate of drug-likeness (QED) is 0.873. The number of rotatable bonds is 2. The molecule has 0 amide bonds. The maximum atomic E-state index is 9.28. The predicted molar refractivity (Wildman–Crippen MR) is 77.8 cm³/mol. The molecule has 2 N–H and O–H groups in total. The Bertz CT molecular complexity index is 693. The summed E-state index contributed by atoms with van der Waals surface area (Å²) in [6.07, 6.45) is 0.997. The van der Waals surface area contributed by atoms with Crippen LogP contribution in [0, 0.1) is 18.3 Å². The Morgan fingerprint density at radius 3 is 3.10 bits per heavy atom. The van der Waals surface area contributed by atoms with Gasteiger partial charge in [0.1, 0.15) is 17.5 Å². The molecule has 0 radical (unpaired) electrons. The van der Waals surface area contributed by atoms with Crippen LogP contribution in [0.15, 0.2) is 18.2 Å². The van der Waals surface area contributed by atoms with Crippen molar-refractivity contribution in [3.8, 4) is 6.07 Å². The summed E-state index contributed by atoms with van der Waals surface area (Å²) in [7, 11) is 1.85. The van der Waals surface area contributed by atoms with E-state index in [1.165, 1.54) is 11.1 Å². The Balaban J connectivity index is 2.03. The Morgan fingerprint density at radius 2 is 2.30 bits per heavy atom. The van der Waals surface area contributed by atoms with Crippen LogP contribution in [-0.4, -0.2) is 16.3 Å². The molecule has 0 saturated heterocycles. The minimum absolute atomic E-state index is 0.610. The van der Waals surface area contributed by atoms with Crippen LogP contribution in [0.1, 0.15) is 22.4 Å². The fourth-order valence-electron chi connectivity index (χ4n) is 2.71. The lowest BCUT2D eigenvalue weighted by atomic mass is 9.99. The maximum absolute atomic E-state index is 9.28. The van der Waals surface area contributed by atoms with Crippen molar-refractivity contribution in [1.29, 1.82) is 5.26 Å². The molecular formula is C15H17N5. The highest BCUT2D eigenvalue weighted by Crippen LogP contribution is 2.28. The lowest BCUT2D eigenvalue weighted by Crippen LogP contribution is -2.24. The van der Waals surface area contributed by atoms with E-state index >= 15 is 0 Å². The molecule has 1 aliphatic rings. The summed E-state index contributed by atoms with van der Waals surface area (Å²) < 4.78 is 1.73. The molecular weight excluding hydrogens is 250 g/mol. The summed E-state index contributed by atoms with van der Waals surface area (Å²) in [5.41, 5.74) is 5.08. The summed E-state index contributed by atoms with van der Waals surface area (Å²) in [5, 5.41) is 20.3. The minimum Gasteiger partial charge on any atom is -0.339 e. The van der Waals surface area contributed by atoms with Gasteiger partial charge in [-0.25, -0.2) is 0 Å². The second-order valence-electron chi connectivity index (χ2n) is 5.04.